The zero-order chi connectivity index (χ0) is 17.8. The summed E-state index contributed by atoms with van der Waals surface area (Å²) in [5, 5.41) is 10.4. The van der Waals surface area contributed by atoms with Gasteiger partial charge in [-0.1, -0.05) is 30.3 Å². The highest BCUT2D eigenvalue weighted by molar-refractivity contribution is 6.14. The van der Waals surface area contributed by atoms with E-state index in [1.807, 2.05) is 30.3 Å². The maximum Gasteiger partial charge on any atom is 0.290 e. The van der Waals surface area contributed by atoms with Crippen molar-refractivity contribution in [2.24, 2.45) is 0 Å². The van der Waals surface area contributed by atoms with E-state index in [1.165, 1.54) is 17.2 Å². The van der Waals surface area contributed by atoms with Crippen molar-refractivity contribution in [1.82, 2.24) is 4.90 Å². The molecule has 0 saturated heterocycles. The van der Waals surface area contributed by atoms with Crippen molar-refractivity contribution in [3.05, 3.63) is 71.4 Å². The van der Waals surface area contributed by atoms with Gasteiger partial charge in [0.2, 0.25) is 5.78 Å². The number of aliphatic hydroxyl groups excluding tert-OH is 1. The van der Waals surface area contributed by atoms with E-state index in [9.17, 15) is 14.7 Å². The number of ether oxygens (including phenoxy) is 1. The van der Waals surface area contributed by atoms with E-state index < -0.39 is 23.5 Å². The Kier molecular flexibility index (Phi) is 5.00. The minimum Gasteiger partial charge on any atom is -0.503 e. The predicted octanol–water partition coefficient (Wildman–Crippen LogP) is 2.89. The fourth-order valence-corrected chi connectivity index (χ4v) is 3.02. The van der Waals surface area contributed by atoms with Crippen molar-refractivity contribution in [3.63, 3.8) is 0 Å². The first-order valence-electron chi connectivity index (χ1n) is 8.01. The van der Waals surface area contributed by atoms with Crippen LogP contribution in [0.4, 0.5) is 0 Å². The van der Waals surface area contributed by atoms with Crippen molar-refractivity contribution in [2.45, 2.75) is 12.5 Å². The minimum atomic E-state index is -0.650. The summed E-state index contributed by atoms with van der Waals surface area (Å²) in [6.07, 6.45) is 1.98. The molecule has 0 fully saturated rings. The molecule has 6 heteroatoms. The maximum atomic E-state index is 12.8. The van der Waals surface area contributed by atoms with Crippen LogP contribution in [-0.2, 0) is 9.53 Å². The van der Waals surface area contributed by atoms with Gasteiger partial charge in [0.05, 0.1) is 17.9 Å². The first-order valence-corrected chi connectivity index (χ1v) is 8.01. The van der Waals surface area contributed by atoms with Crippen LogP contribution in [0.3, 0.4) is 0 Å². The van der Waals surface area contributed by atoms with Gasteiger partial charge < -0.3 is 19.2 Å². The lowest BCUT2D eigenvalue weighted by Crippen LogP contribution is -2.32. The fourth-order valence-electron chi connectivity index (χ4n) is 3.02. The quantitative estimate of drug-likeness (QED) is 0.619. The number of furan rings is 1. The molecule has 0 saturated carbocycles. The monoisotopic (exact) mass is 341 g/mol. The largest absolute Gasteiger partial charge is 0.503 e. The molecule has 130 valence electrons. The van der Waals surface area contributed by atoms with Crippen LogP contribution in [0.25, 0.3) is 0 Å². The lowest BCUT2D eigenvalue weighted by atomic mass is 9.95. The molecule has 6 nitrogen and oxygen atoms in total. The molecule has 0 unspecified atom stereocenters. The van der Waals surface area contributed by atoms with E-state index in [1.54, 1.807) is 13.2 Å². The van der Waals surface area contributed by atoms with Gasteiger partial charge in [0.25, 0.3) is 5.91 Å². The topological polar surface area (TPSA) is 80.0 Å². The number of benzene rings is 1. The third-order valence-corrected chi connectivity index (χ3v) is 4.16. The third kappa shape index (κ3) is 3.21. The average Bonchev–Trinajstić information content (AvgIpc) is 3.25. The van der Waals surface area contributed by atoms with E-state index in [0.717, 1.165) is 5.56 Å². The van der Waals surface area contributed by atoms with E-state index >= 15 is 0 Å². The number of amides is 1. The zero-order valence-corrected chi connectivity index (χ0v) is 13.8. The van der Waals surface area contributed by atoms with Gasteiger partial charge in [0, 0.05) is 20.3 Å². The Morgan fingerprint density at radius 2 is 2.00 bits per heavy atom. The lowest BCUT2D eigenvalue weighted by Gasteiger charge is -2.26. The minimum absolute atomic E-state index is 0.0450. The SMILES string of the molecule is COCCCN1C(=O)C(O)=C(C(=O)c2ccco2)[C@H]1c1ccccc1. The van der Waals surface area contributed by atoms with Gasteiger partial charge in [0.15, 0.2) is 11.5 Å². The Hall–Kier alpha value is -2.86. The number of hydrogen-bond donors (Lipinski definition) is 1. The normalized spacial score (nSPS) is 17.4. The lowest BCUT2D eigenvalue weighted by molar-refractivity contribution is -0.129. The Bertz CT molecular complexity index is 779. The number of carbonyl (C=O) groups excluding carboxylic acids is 2. The molecule has 3 rings (SSSR count). The summed E-state index contributed by atoms with van der Waals surface area (Å²) in [4.78, 5) is 26.9. The van der Waals surface area contributed by atoms with Gasteiger partial charge in [-0.15, -0.1) is 0 Å². The summed E-state index contributed by atoms with van der Waals surface area (Å²) < 4.78 is 10.2. The molecular weight excluding hydrogens is 322 g/mol. The molecule has 1 aromatic carbocycles. The number of nitrogens with zero attached hydrogens (tertiary/aromatic N) is 1. The van der Waals surface area contributed by atoms with Gasteiger partial charge in [-0.2, -0.15) is 0 Å². The summed E-state index contributed by atoms with van der Waals surface area (Å²) in [7, 11) is 1.59. The van der Waals surface area contributed by atoms with Crippen molar-refractivity contribution in [3.8, 4) is 0 Å². The molecule has 0 spiro atoms. The van der Waals surface area contributed by atoms with Crippen LogP contribution >= 0.6 is 0 Å². The molecule has 0 bridgehead atoms. The second-order valence-corrected chi connectivity index (χ2v) is 5.73. The standard InChI is InChI=1S/C19H19NO5/c1-24-11-6-10-20-16(13-7-3-2-4-8-13)15(18(22)19(20)23)17(21)14-9-5-12-25-14/h2-5,7-9,12,16,22H,6,10-11H2,1H3/t16-/m1/s1. The van der Waals surface area contributed by atoms with E-state index in [4.69, 9.17) is 9.15 Å². The second-order valence-electron chi connectivity index (χ2n) is 5.73. The molecule has 1 aliphatic rings. The van der Waals surface area contributed by atoms with Gasteiger partial charge in [-0.3, -0.25) is 9.59 Å². The number of ketones is 1. The summed E-state index contributed by atoms with van der Waals surface area (Å²) in [5.41, 5.74) is 0.802. The van der Waals surface area contributed by atoms with Crippen LogP contribution in [0.15, 0.2) is 64.5 Å². The molecule has 1 amide bonds. The van der Waals surface area contributed by atoms with Crippen molar-refractivity contribution in [2.75, 3.05) is 20.3 Å². The molecule has 1 aliphatic heterocycles. The molecule has 25 heavy (non-hydrogen) atoms. The third-order valence-electron chi connectivity index (χ3n) is 4.16. The summed E-state index contributed by atoms with van der Waals surface area (Å²) >= 11 is 0. The Balaban J connectivity index is 2.01. The number of aliphatic hydroxyl groups is 1. The van der Waals surface area contributed by atoms with Crippen molar-refractivity contribution in [1.29, 1.82) is 0 Å². The fraction of sp³-hybridized carbons (Fsp3) is 0.263. The Morgan fingerprint density at radius 3 is 2.64 bits per heavy atom. The number of rotatable bonds is 7. The summed E-state index contributed by atoms with van der Waals surface area (Å²) in [5.74, 6) is -1.47. The van der Waals surface area contributed by atoms with Crippen LogP contribution in [0.1, 0.15) is 28.6 Å². The molecule has 1 atom stereocenters. The highest BCUT2D eigenvalue weighted by Gasteiger charge is 2.43. The molecule has 2 heterocycles. The Morgan fingerprint density at radius 1 is 1.24 bits per heavy atom. The smallest absolute Gasteiger partial charge is 0.290 e. The van der Waals surface area contributed by atoms with Gasteiger partial charge in [0.1, 0.15) is 0 Å². The average molecular weight is 341 g/mol. The van der Waals surface area contributed by atoms with Crippen LogP contribution < -0.4 is 0 Å². The van der Waals surface area contributed by atoms with Crippen molar-refractivity contribution >= 4 is 11.7 Å². The highest BCUT2D eigenvalue weighted by atomic mass is 16.5. The second kappa shape index (κ2) is 7.36. The number of methoxy groups -OCH3 is 1. The summed E-state index contributed by atoms with van der Waals surface area (Å²) in [6.45, 7) is 0.846. The predicted molar refractivity (Wildman–Crippen MR) is 90.1 cm³/mol. The molecule has 0 aliphatic carbocycles. The van der Waals surface area contributed by atoms with Crippen molar-refractivity contribution < 1.29 is 23.8 Å². The van der Waals surface area contributed by atoms with Gasteiger partial charge in [-0.25, -0.2) is 0 Å². The van der Waals surface area contributed by atoms with Gasteiger partial charge in [-0.05, 0) is 24.1 Å². The number of Topliss-reactive ketones (excluding diaryl/α,β-unsaturated/α-hetero) is 1. The first-order chi connectivity index (χ1) is 12.1. The number of carbonyl (C=O) groups is 2. The Labute approximate surface area is 145 Å². The van der Waals surface area contributed by atoms with Gasteiger partial charge >= 0.3 is 0 Å². The van der Waals surface area contributed by atoms with Crippen LogP contribution in [-0.4, -0.2) is 42.0 Å². The van der Waals surface area contributed by atoms with E-state index in [-0.39, 0.29) is 11.3 Å². The molecule has 0 radical (unpaired) electrons. The molecule has 2 aromatic rings. The number of hydrogen-bond acceptors (Lipinski definition) is 5. The summed E-state index contributed by atoms with van der Waals surface area (Å²) in [6, 6.07) is 11.6. The molecule has 1 N–H and O–H groups in total. The zero-order valence-electron chi connectivity index (χ0n) is 13.8. The van der Waals surface area contributed by atoms with Crippen LogP contribution in [0, 0.1) is 0 Å². The first kappa shape index (κ1) is 17.0. The molecular formula is C19H19NO5. The maximum absolute atomic E-state index is 12.8. The van der Waals surface area contributed by atoms with E-state index in [2.05, 4.69) is 0 Å². The molecule has 1 aromatic heterocycles. The van der Waals surface area contributed by atoms with Crippen LogP contribution in [0.2, 0.25) is 0 Å². The van der Waals surface area contributed by atoms with Crippen LogP contribution in [0.5, 0.6) is 0 Å². The van der Waals surface area contributed by atoms with E-state index in [0.29, 0.717) is 19.6 Å². The highest BCUT2D eigenvalue weighted by Crippen LogP contribution is 2.38.